The highest BCUT2D eigenvalue weighted by atomic mass is 16.7. The molecule has 2 saturated heterocycles. The van der Waals surface area contributed by atoms with Gasteiger partial charge in [0, 0.05) is 19.0 Å². The van der Waals surface area contributed by atoms with Crippen LogP contribution in [-0.4, -0.2) is 43.4 Å². The van der Waals surface area contributed by atoms with E-state index in [-0.39, 0.29) is 18.1 Å². The summed E-state index contributed by atoms with van der Waals surface area (Å²) in [6.07, 6.45) is 1.89. The van der Waals surface area contributed by atoms with Gasteiger partial charge in [-0.05, 0) is 31.9 Å². The number of carbonyl (C=O) groups is 1. The van der Waals surface area contributed by atoms with Crippen molar-refractivity contribution in [3.05, 3.63) is 23.7 Å². The zero-order valence-corrected chi connectivity index (χ0v) is 11.1. The molecule has 2 fully saturated rings. The van der Waals surface area contributed by atoms with Crippen LogP contribution in [0.2, 0.25) is 0 Å². The lowest BCUT2D eigenvalue weighted by molar-refractivity contribution is -0.0970. The number of amides is 1. The SMILES string of the molecule is Cc1ccc(C(=O)N2CCCC(C3OCCO3)C2)o1. The molecule has 0 spiro atoms. The van der Waals surface area contributed by atoms with E-state index in [0.29, 0.717) is 25.5 Å². The minimum Gasteiger partial charge on any atom is -0.456 e. The molecule has 0 aliphatic carbocycles. The molecule has 5 nitrogen and oxygen atoms in total. The molecule has 1 atom stereocenters. The molecule has 1 amide bonds. The van der Waals surface area contributed by atoms with E-state index in [4.69, 9.17) is 13.9 Å². The first-order valence-corrected chi connectivity index (χ1v) is 6.83. The molecule has 1 aromatic heterocycles. The summed E-state index contributed by atoms with van der Waals surface area (Å²) in [6.45, 7) is 4.63. The van der Waals surface area contributed by atoms with Gasteiger partial charge in [0.1, 0.15) is 5.76 Å². The average Bonchev–Trinajstić information content (AvgIpc) is 3.09. The zero-order chi connectivity index (χ0) is 13.2. The molecule has 2 aliphatic rings. The summed E-state index contributed by atoms with van der Waals surface area (Å²) in [5.74, 6) is 1.43. The standard InChI is InChI=1S/C14H19NO4/c1-10-4-5-12(19-10)13(16)15-6-2-3-11(9-15)14-17-7-8-18-14/h4-5,11,14H,2-3,6-9H2,1H3. The molecule has 1 aromatic rings. The van der Waals surface area contributed by atoms with Crippen LogP contribution in [0.1, 0.15) is 29.2 Å². The largest absolute Gasteiger partial charge is 0.456 e. The second kappa shape index (κ2) is 5.35. The number of carbonyl (C=O) groups excluding carboxylic acids is 1. The summed E-state index contributed by atoms with van der Waals surface area (Å²) < 4.78 is 16.5. The van der Waals surface area contributed by atoms with Crippen LogP contribution >= 0.6 is 0 Å². The predicted molar refractivity (Wildman–Crippen MR) is 67.8 cm³/mol. The Morgan fingerprint density at radius 3 is 2.79 bits per heavy atom. The van der Waals surface area contributed by atoms with Crippen molar-refractivity contribution < 1.29 is 18.7 Å². The van der Waals surface area contributed by atoms with Crippen LogP contribution in [0.5, 0.6) is 0 Å². The van der Waals surface area contributed by atoms with Crippen molar-refractivity contribution in [2.75, 3.05) is 26.3 Å². The fourth-order valence-electron chi connectivity index (χ4n) is 2.77. The van der Waals surface area contributed by atoms with Crippen molar-refractivity contribution >= 4 is 5.91 Å². The highest BCUT2D eigenvalue weighted by molar-refractivity contribution is 5.91. The van der Waals surface area contributed by atoms with Crippen molar-refractivity contribution in [1.29, 1.82) is 0 Å². The Balaban J connectivity index is 1.65. The van der Waals surface area contributed by atoms with Gasteiger partial charge in [-0.3, -0.25) is 4.79 Å². The zero-order valence-electron chi connectivity index (χ0n) is 11.1. The highest BCUT2D eigenvalue weighted by Crippen LogP contribution is 2.26. The number of hydrogen-bond acceptors (Lipinski definition) is 4. The van der Waals surface area contributed by atoms with E-state index in [2.05, 4.69) is 0 Å². The maximum atomic E-state index is 12.3. The van der Waals surface area contributed by atoms with Crippen LogP contribution < -0.4 is 0 Å². The molecular formula is C14H19NO4. The van der Waals surface area contributed by atoms with Gasteiger partial charge in [0.05, 0.1) is 13.2 Å². The van der Waals surface area contributed by atoms with Crippen LogP contribution in [0.15, 0.2) is 16.5 Å². The van der Waals surface area contributed by atoms with Crippen LogP contribution in [0, 0.1) is 12.8 Å². The van der Waals surface area contributed by atoms with E-state index < -0.39 is 0 Å². The topological polar surface area (TPSA) is 51.9 Å². The summed E-state index contributed by atoms with van der Waals surface area (Å²) in [6, 6.07) is 3.56. The Hall–Kier alpha value is -1.33. The number of nitrogens with zero attached hydrogens (tertiary/aromatic N) is 1. The van der Waals surface area contributed by atoms with Gasteiger partial charge in [0.15, 0.2) is 12.1 Å². The van der Waals surface area contributed by atoms with Gasteiger partial charge in [0.2, 0.25) is 0 Å². The molecule has 19 heavy (non-hydrogen) atoms. The summed E-state index contributed by atoms with van der Waals surface area (Å²) >= 11 is 0. The van der Waals surface area contributed by atoms with Crippen molar-refractivity contribution in [2.45, 2.75) is 26.1 Å². The molecule has 3 rings (SSSR count). The average molecular weight is 265 g/mol. The van der Waals surface area contributed by atoms with Crippen LogP contribution in [0.25, 0.3) is 0 Å². The molecule has 104 valence electrons. The minimum absolute atomic E-state index is 0.0317. The van der Waals surface area contributed by atoms with Gasteiger partial charge in [-0.25, -0.2) is 0 Å². The predicted octanol–water partition coefficient (Wildman–Crippen LogP) is 1.81. The Labute approximate surface area is 112 Å². The maximum Gasteiger partial charge on any atom is 0.289 e. The number of rotatable bonds is 2. The summed E-state index contributed by atoms with van der Waals surface area (Å²) in [5.41, 5.74) is 0. The fraction of sp³-hybridized carbons (Fsp3) is 0.643. The molecule has 1 unspecified atom stereocenters. The van der Waals surface area contributed by atoms with E-state index in [0.717, 1.165) is 25.1 Å². The Kier molecular flexibility index (Phi) is 3.57. The second-order valence-electron chi connectivity index (χ2n) is 5.17. The first-order chi connectivity index (χ1) is 9.24. The number of furan rings is 1. The van der Waals surface area contributed by atoms with Gasteiger partial charge < -0.3 is 18.8 Å². The van der Waals surface area contributed by atoms with E-state index in [1.54, 1.807) is 6.07 Å². The fourth-order valence-corrected chi connectivity index (χ4v) is 2.77. The van der Waals surface area contributed by atoms with Crippen LogP contribution in [-0.2, 0) is 9.47 Å². The van der Waals surface area contributed by atoms with Gasteiger partial charge in [-0.1, -0.05) is 0 Å². The molecule has 3 heterocycles. The third kappa shape index (κ3) is 2.67. The molecule has 0 aromatic carbocycles. The number of ether oxygens (including phenoxy) is 2. The van der Waals surface area contributed by atoms with E-state index in [1.165, 1.54) is 0 Å². The summed E-state index contributed by atoms with van der Waals surface area (Å²) in [5, 5.41) is 0. The number of aryl methyl sites for hydroxylation is 1. The molecule has 2 aliphatic heterocycles. The normalized spacial score (nSPS) is 24.9. The van der Waals surface area contributed by atoms with Crippen LogP contribution in [0.4, 0.5) is 0 Å². The summed E-state index contributed by atoms with van der Waals surface area (Å²) in [7, 11) is 0. The third-order valence-electron chi connectivity index (χ3n) is 3.73. The minimum atomic E-state index is -0.145. The molecular weight excluding hydrogens is 246 g/mol. The van der Waals surface area contributed by atoms with E-state index in [9.17, 15) is 4.79 Å². The summed E-state index contributed by atoms with van der Waals surface area (Å²) in [4.78, 5) is 14.2. The van der Waals surface area contributed by atoms with Gasteiger partial charge >= 0.3 is 0 Å². The first kappa shape index (κ1) is 12.7. The maximum absolute atomic E-state index is 12.3. The van der Waals surface area contributed by atoms with Gasteiger partial charge in [-0.2, -0.15) is 0 Å². The number of likely N-dealkylation sites (tertiary alicyclic amines) is 1. The van der Waals surface area contributed by atoms with Gasteiger partial charge in [-0.15, -0.1) is 0 Å². The van der Waals surface area contributed by atoms with Crippen molar-refractivity contribution in [3.8, 4) is 0 Å². The van der Waals surface area contributed by atoms with Crippen LogP contribution in [0.3, 0.4) is 0 Å². The van der Waals surface area contributed by atoms with E-state index in [1.807, 2.05) is 17.9 Å². The Bertz CT molecular complexity index is 450. The molecule has 0 saturated carbocycles. The third-order valence-corrected chi connectivity index (χ3v) is 3.73. The van der Waals surface area contributed by atoms with Crippen molar-refractivity contribution in [1.82, 2.24) is 4.90 Å². The first-order valence-electron chi connectivity index (χ1n) is 6.83. The molecule has 0 N–H and O–H groups in total. The lowest BCUT2D eigenvalue weighted by Crippen LogP contribution is -2.43. The Morgan fingerprint density at radius 2 is 2.11 bits per heavy atom. The smallest absolute Gasteiger partial charge is 0.289 e. The number of hydrogen-bond donors (Lipinski definition) is 0. The lowest BCUT2D eigenvalue weighted by Gasteiger charge is -2.34. The van der Waals surface area contributed by atoms with Gasteiger partial charge in [0.25, 0.3) is 5.91 Å². The second-order valence-corrected chi connectivity index (χ2v) is 5.17. The Morgan fingerprint density at radius 1 is 1.32 bits per heavy atom. The van der Waals surface area contributed by atoms with Crippen molar-refractivity contribution in [2.24, 2.45) is 5.92 Å². The monoisotopic (exact) mass is 265 g/mol. The highest BCUT2D eigenvalue weighted by Gasteiger charge is 2.33. The lowest BCUT2D eigenvalue weighted by atomic mass is 9.97. The molecule has 5 heteroatoms. The molecule has 0 radical (unpaired) electrons. The quantitative estimate of drug-likeness (QED) is 0.818. The van der Waals surface area contributed by atoms with Crippen molar-refractivity contribution in [3.63, 3.8) is 0 Å². The van der Waals surface area contributed by atoms with E-state index >= 15 is 0 Å². The molecule has 0 bridgehead atoms. The number of piperidine rings is 1.